The van der Waals surface area contributed by atoms with Crippen LogP contribution in [0.1, 0.15) is 32.1 Å². The van der Waals surface area contributed by atoms with Crippen LogP contribution in [0.25, 0.3) is 11.4 Å². The molecule has 2 N–H and O–H groups in total. The minimum atomic E-state index is -0.476. The Morgan fingerprint density at radius 2 is 2.21 bits per heavy atom. The summed E-state index contributed by atoms with van der Waals surface area (Å²) >= 11 is 5.72. The fourth-order valence-electron chi connectivity index (χ4n) is 1.71. The lowest BCUT2D eigenvalue weighted by molar-refractivity contribution is 0.340. The summed E-state index contributed by atoms with van der Waals surface area (Å²) in [6, 6.07) is 4.26. The van der Waals surface area contributed by atoms with Crippen molar-refractivity contribution in [1.29, 1.82) is 0 Å². The highest BCUT2D eigenvalue weighted by atomic mass is 35.5. The molecule has 0 radical (unpaired) electrons. The summed E-state index contributed by atoms with van der Waals surface area (Å²) in [5, 5.41) is 3.90. The monoisotopic (exact) mass is 283 g/mol. The van der Waals surface area contributed by atoms with Gasteiger partial charge in [0.15, 0.2) is 0 Å². The van der Waals surface area contributed by atoms with E-state index in [9.17, 15) is 4.39 Å². The molecule has 6 heteroatoms. The van der Waals surface area contributed by atoms with Gasteiger partial charge in [-0.15, -0.1) is 0 Å². The molecule has 0 fully saturated rings. The molecule has 0 saturated heterocycles. The van der Waals surface area contributed by atoms with Gasteiger partial charge in [-0.2, -0.15) is 4.98 Å². The van der Waals surface area contributed by atoms with Crippen LogP contribution in [0.3, 0.4) is 0 Å². The molecule has 0 aliphatic heterocycles. The predicted molar refractivity (Wildman–Crippen MR) is 71.4 cm³/mol. The van der Waals surface area contributed by atoms with E-state index in [1.54, 1.807) is 6.07 Å². The Bertz CT molecular complexity index is 573. The standard InChI is InChI=1S/C13H15ClFN3O/c1-3-11(16)7(2)13-17-12(18-19-13)8-4-5-10(15)9(14)6-8/h4-7,11H,3,16H2,1-2H3. The molecule has 2 rings (SSSR count). The molecule has 4 nitrogen and oxygen atoms in total. The van der Waals surface area contributed by atoms with Crippen molar-refractivity contribution in [3.8, 4) is 11.4 Å². The van der Waals surface area contributed by atoms with Crippen LogP contribution in [-0.2, 0) is 0 Å². The maximum atomic E-state index is 13.1. The molecule has 0 bridgehead atoms. The first-order chi connectivity index (χ1) is 9.02. The number of benzene rings is 1. The van der Waals surface area contributed by atoms with E-state index in [-0.39, 0.29) is 17.0 Å². The van der Waals surface area contributed by atoms with Crippen LogP contribution in [0.4, 0.5) is 4.39 Å². The van der Waals surface area contributed by atoms with Gasteiger partial charge in [0.1, 0.15) is 5.82 Å². The zero-order valence-electron chi connectivity index (χ0n) is 10.7. The molecular weight excluding hydrogens is 269 g/mol. The van der Waals surface area contributed by atoms with Gasteiger partial charge in [-0.05, 0) is 24.6 Å². The van der Waals surface area contributed by atoms with E-state index in [1.807, 2.05) is 13.8 Å². The second-order valence-corrected chi connectivity index (χ2v) is 4.85. The third-order valence-corrected chi connectivity index (χ3v) is 3.41. The maximum Gasteiger partial charge on any atom is 0.231 e. The van der Waals surface area contributed by atoms with Gasteiger partial charge < -0.3 is 10.3 Å². The smallest absolute Gasteiger partial charge is 0.231 e. The third kappa shape index (κ3) is 2.93. The summed E-state index contributed by atoms with van der Waals surface area (Å²) < 4.78 is 18.3. The SMILES string of the molecule is CCC(N)C(C)c1nc(-c2ccc(F)c(Cl)c2)no1. The summed E-state index contributed by atoms with van der Waals surface area (Å²) in [4.78, 5) is 4.28. The van der Waals surface area contributed by atoms with Crippen molar-refractivity contribution >= 4 is 11.6 Å². The van der Waals surface area contributed by atoms with Crippen molar-refractivity contribution in [3.05, 3.63) is 34.9 Å². The zero-order valence-corrected chi connectivity index (χ0v) is 11.5. The van der Waals surface area contributed by atoms with Gasteiger partial charge in [0, 0.05) is 11.6 Å². The number of rotatable bonds is 4. The fourth-order valence-corrected chi connectivity index (χ4v) is 1.89. The second-order valence-electron chi connectivity index (χ2n) is 4.45. The normalized spacial score (nSPS) is 14.4. The molecule has 1 aromatic heterocycles. The van der Waals surface area contributed by atoms with Crippen LogP contribution in [0.2, 0.25) is 5.02 Å². The summed E-state index contributed by atoms with van der Waals surface area (Å²) in [5.74, 6) is 0.356. The van der Waals surface area contributed by atoms with Crippen LogP contribution in [-0.4, -0.2) is 16.2 Å². The van der Waals surface area contributed by atoms with Crippen molar-refractivity contribution in [3.63, 3.8) is 0 Å². The summed E-state index contributed by atoms with van der Waals surface area (Å²) in [6.45, 7) is 3.93. The molecule has 0 aliphatic rings. The summed E-state index contributed by atoms with van der Waals surface area (Å²) in [6.07, 6.45) is 0.821. The van der Waals surface area contributed by atoms with Crippen molar-refractivity contribution in [1.82, 2.24) is 10.1 Å². The minimum absolute atomic E-state index is 0.0258. The van der Waals surface area contributed by atoms with Crippen LogP contribution in [0, 0.1) is 5.82 Å². The molecule has 0 spiro atoms. The average molecular weight is 284 g/mol. The van der Waals surface area contributed by atoms with Crippen molar-refractivity contribution in [2.75, 3.05) is 0 Å². The Balaban J connectivity index is 2.27. The first-order valence-corrected chi connectivity index (χ1v) is 6.45. The van der Waals surface area contributed by atoms with Crippen LogP contribution >= 0.6 is 11.6 Å². The highest BCUT2D eigenvalue weighted by Crippen LogP contribution is 2.25. The molecule has 1 aromatic carbocycles. The van der Waals surface area contributed by atoms with Crippen molar-refractivity contribution in [2.24, 2.45) is 5.73 Å². The molecule has 2 aromatic rings. The van der Waals surface area contributed by atoms with Gasteiger partial charge in [-0.3, -0.25) is 0 Å². The molecule has 102 valence electrons. The van der Waals surface area contributed by atoms with E-state index >= 15 is 0 Å². The minimum Gasteiger partial charge on any atom is -0.339 e. The van der Waals surface area contributed by atoms with Crippen LogP contribution in [0.15, 0.2) is 22.7 Å². The molecule has 1 heterocycles. The van der Waals surface area contributed by atoms with Crippen LogP contribution in [0.5, 0.6) is 0 Å². The largest absolute Gasteiger partial charge is 0.339 e. The Hall–Kier alpha value is -1.46. The van der Waals surface area contributed by atoms with E-state index in [0.29, 0.717) is 17.3 Å². The lowest BCUT2D eigenvalue weighted by atomic mass is 10.0. The van der Waals surface area contributed by atoms with E-state index in [2.05, 4.69) is 10.1 Å². The van der Waals surface area contributed by atoms with Crippen LogP contribution < -0.4 is 5.73 Å². The van der Waals surface area contributed by atoms with E-state index in [0.717, 1.165) is 6.42 Å². The third-order valence-electron chi connectivity index (χ3n) is 3.12. The fraction of sp³-hybridized carbons (Fsp3) is 0.385. The lowest BCUT2D eigenvalue weighted by Crippen LogP contribution is -2.25. The van der Waals surface area contributed by atoms with Gasteiger partial charge in [-0.1, -0.05) is 30.6 Å². The van der Waals surface area contributed by atoms with Gasteiger partial charge in [-0.25, -0.2) is 4.39 Å². The number of halogens is 2. The number of nitrogens with two attached hydrogens (primary N) is 1. The van der Waals surface area contributed by atoms with Crippen molar-refractivity contribution < 1.29 is 8.91 Å². The van der Waals surface area contributed by atoms with Gasteiger partial charge in [0.05, 0.1) is 10.9 Å². The summed E-state index contributed by atoms with van der Waals surface area (Å²) in [7, 11) is 0. The Kier molecular flexibility index (Phi) is 4.17. The predicted octanol–water partition coefficient (Wildman–Crippen LogP) is 3.37. The average Bonchev–Trinajstić information content (AvgIpc) is 2.89. The maximum absolute atomic E-state index is 13.1. The molecule has 19 heavy (non-hydrogen) atoms. The first-order valence-electron chi connectivity index (χ1n) is 6.07. The van der Waals surface area contributed by atoms with Gasteiger partial charge in [0.25, 0.3) is 0 Å². The first kappa shape index (κ1) is 14.0. The number of nitrogens with zero attached hydrogens (tertiary/aromatic N) is 2. The molecule has 2 atom stereocenters. The van der Waals surface area contributed by atoms with E-state index in [1.165, 1.54) is 12.1 Å². The number of aromatic nitrogens is 2. The molecule has 0 amide bonds. The molecule has 0 saturated carbocycles. The number of hydrogen-bond acceptors (Lipinski definition) is 4. The second kappa shape index (κ2) is 5.67. The number of hydrogen-bond donors (Lipinski definition) is 1. The summed E-state index contributed by atoms with van der Waals surface area (Å²) in [5.41, 5.74) is 6.55. The Labute approximate surface area is 115 Å². The quantitative estimate of drug-likeness (QED) is 0.934. The molecule has 0 aliphatic carbocycles. The Morgan fingerprint density at radius 3 is 2.84 bits per heavy atom. The topological polar surface area (TPSA) is 64.9 Å². The molecule has 2 unspecified atom stereocenters. The van der Waals surface area contributed by atoms with E-state index in [4.69, 9.17) is 21.9 Å². The molecular formula is C13H15ClFN3O. The highest BCUT2D eigenvalue weighted by molar-refractivity contribution is 6.31. The highest BCUT2D eigenvalue weighted by Gasteiger charge is 2.20. The lowest BCUT2D eigenvalue weighted by Gasteiger charge is -2.13. The Morgan fingerprint density at radius 1 is 1.47 bits per heavy atom. The van der Waals surface area contributed by atoms with Gasteiger partial charge in [0.2, 0.25) is 11.7 Å². The zero-order chi connectivity index (χ0) is 14.0. The van der Waals surface area contributed by atoms with Gasteiger partial charge >= 0.3 is 0 Å². The van der Waals surface area contributed by atoms with E-state index < -0.39 is 5.82 Å². The van der Waals surface area contributed by atoms with Crippen molar-refractivity contribution in [2.45, 2.75) is 32.2 Å².